The zero-order valence-corrected chi connectivity index (χ0v) is 14.4. The van der Waals surface area contributed by atoms with Crippen molar-refractivity contribution in [1.82, 2.24) is 4.57 Å². The highest BCUT2D eigenvalue weighted by molar-refractivity contribution is 6.30. The van der Waals surface area contributed by atoms with Crippen molar-refractivity contribution in [2.45, 2.75) is 13.1 Å². The van der Waals surface area contributed by atoms with Crippen LogP contribution in [0.15, 0.2) is 82.7 Å². The third-order valence-electron chi connectivity index (χ3n) is 3.84. The zero-order valence-electron chi connectivity index (χ0n) is 13.6. The van der Waals surface area contributed by atoms with Crippen molar-refractivity contribution in [3.8, 4) is 0 Å². The molecule has 3 rings (SSSR count). The van der Waals surface area contributed by atoms with Gasteiger partial charge in [0.25, 0.3) is 5.56 Å². The van der Waals surface area contributed by atoms with Crippen molar-refractivity contribution in [2.24, 2.45) is 10.7 Å². The molecular weight excluding hydrogens is 334 g/mol. The van der Waals surface area contributed by atoms with Crippen LogP contribution in [0.1, 0.15) is 16.7 Å². The number of rotatable bonds is 5. The average Bonchev–Trinajstić information content (AvgIpc) is 2.63. The van der Waals surface area contributed by atoms with Gasteiger partial charge in [0.2, 0.25) is 0 Å². The molecule has 3 aromatic rings. The molecule has 0 spiro atoms. The molecule has 5 heteroatoms. The maximum Gasteiger partial charge on any atom is 0.261 e. The average molecular weight is 352 g/mol. The minimum Gasteiger partial charge on any atom is -0.383 e. The summed E-state index contributed by atoms with van der Waals surface area (Å²) >= 11 is 5.87. The Morgan fingerprint density at radius 3 is 2.40 bits per heavy atom. The maximum absolute atomic E-state index is 12.7. The fraction of sp³-hybridized carbons (Fsp3) is 0.100. The third-order valence-corrected chi connectivity index (χ3v) is 4.09. The van der Waals surface area contributed by atoms with Gasteiger partial charge >= 0.3 is 0 Å². The lowest BCUT2D eigenvalue weighted by Crippen LogP contribution is -2.30. The van der Waals surface area contributed by atoms with Gasteiger partial charge in [-0.05, 0) is 35.4 Å². The van der Waals surface area contributed by atoms with Crippen molar-refractivity contribution in [3.63, 3.8) is 0 Å². The number of nitrogens with two attached hydrogens (primary N) is 1. The molecule has 1 heterocycles. The summed E-state index contributed by atoms with van der Waals surface area (Å²) in [5.74, 6) is 0.238. The van der Waals surface area contributed by atoms with Crippen molar-refractivity contribution in [3.05, 3.63) is 105 Å². The summed E-state index contributed by atoms with van der Waals surface area (Å²) in [6, 6.07) is 20.7. The first-order valence-electron chi connectivity index (χ1n) is 7.91. The molecule has 126 valence electrons. The van der Waals surface area contributed by atoms with Crippen molar-refractivity contribution in [2.75, 3.05) is 0 Å². The van der Waals surface area contributed by atoms with Crippen LogP contribution in [-0.4, -0.2) is 10.4 Å². The summed E-state index contributed by atoms with van der Waals surface area (Å²) in [6.07, 6.45) is 1.76. The molecule has 0 saturated heterocycles. The summed E-state index contributed by atoms with van der Waals surface area (Å²) in [7, 11) is 0. The second-order valence-electron chi connectivity index (χ2n) is 5.67. The fourth-order valence-corrected chi connectivity index (χ4v) is 2.61. The number of halogens is 1. The van der Waals surface area contributed by atoms with Crippen LogP contribution >= 0.6 is 11.6 Å². The molecule has 0 radical (unpaired) electrons. The van der Waals surface area contributed by atoms with E-state index in [4.69, 9.17) is 17.3 Å². The van der Waals surface area contributed by atoms with Crippen LogP contribution in [0.4, 0.5) is 0 Å². The molecule has 1 aromatic heterocycles. The van der Waals surface area contributed by atoms with Crippen LogP contribution in [0.25, 0.3) is 0 Å². The second kappa shape index (κ2) is 7.81. The van der Waals surface area contributed by atoms with E-state index in [0.29, 0.717) is 23.7 Å². The molecule has 0 saturated carbocycles. The minimum absolute atomic E-state index is 0.149. The molecule has 4 nitrogen and oxygen atoms in total. The van der Waals surface area contributed by atoms with Crippen LogP contribution < -0.4 is 11.3 Å². The molecular formula is C20H18ClN3O. The maximum atomic E-state index is 12.7. The minimum atomic E-state index is -0.149. The zero-order chi connectivity index (χ0) is 17.6. The van der Waals surface area contributed by atoms with Crippen LogP contribution in [-0.2, 0) is 13.1 Å². The third kappa shape index (κ3) is 4.37. The number of hydrogen-bond donors (Lipinski definition) is 1. The van der Waals surface area contributed by atoms with Gasteiger partial charge < -0.3 is 10.3 Å². The molecule has 25 heavy (non-hydrogen) atoms. The molecule has 0 aliphatic rings. The van der Waals surface area contributed by atoms with Gasteiger partial charge in [0.05, 0.1) is 18.7 Å². The molecule has 2 aromatic carbocycles. The topological polar surface area (TPSA) is 60.4 Å². The summed E-state index contributed by atoms with van der Waals surface area (Å²) in [5, 5.41) is 0.674. The number of benzene rings is 2. The first-order valence-corrected chi connectivity index (χ1v) is 8.29. The number of aliphatic imine (C=N–C) groups is 1. The monoisotopic (exact) mass is 351 g/mol. The number of nitrogens with zero attached hydrogens (tertiary/aromatic N) is 2. The van der Waals surface area contributed by atoms with Crippen molar-refractivity contribution >= 4 is 17.4 Å². The van der Waals surface area contributed by atoms with Gasteiger partial charge in [0.15, 0.2) is 0 Å². The molecule has 0 aliphatic carbocycles. The number of aromatic nitrogens is 1. The smallest absolute Gasteiger partial charge is 0.261 e. The van der Waals surface area contributed by atoms with E-state index in [1.807, 2.05) is 48.5 Å². The summed E-state index contributed by atoms with van der Waals surface area (Å²) in [4.78, 5) is 17.0. The standard InChI is InChI=1S/C20H18ClN3O/c21-17-10-8-15(9-11-17)13-23-19(22)18-7-4-12-24(20(18)25)14-16-5-2-1-3-6-16/h1-12H,13-14H2,(H2,22,23). The van der Waals surface area contributed by atoms with E-state index in [9.17, 15) is 4.79 Å². The number of amidine groups is 1. The Kier molecular flexibility index (Phi) is 5.31. The highest BCUT2D eigenvalue weighted by atomic mass is 35.5. The molecule has 0 fully saturated rings. The SMILES string of the molecule is NC(=NCc1ccc(Cl)cc1)c1cccn(Cc2ccccc2)c1=O. The molecule has 0 unspecified atom stereocenters. The molecule has 0 amide bonds. The van der Waals surface area contributed by atoms with Gasteiger partial charge in [-0.2, -0.15) is 0 Å². The Morgan fingerprint density at radius 1 is 0.960 bits per heavy atom. The van der Waals surface area contributed by atoms with Crippen molar-refractivity contribution in [1.29, 1.82) is 0 Å². The number of hydrogen-bond acceptors (Lipinski definition) is 2. The Morgan fingerprint density at radius 2 is 1.68 bits per heavy atom. The Labute approximate surface area is 151 Å². The van der Waals surface area contributed by atoms with Gasteiger partial charge in [-0.15, -0.1) is 0 Å². The van der Waals surface area contributed by atoms with Gasteiger partial charge in [-0.1, -0.05) is 54.1 Å². The van der Waals surface area contributed by atoms with E-state index in [0.717, 1.165) is 11.1 Å². The molecule has 0 atom stereocenters. The van der Waals surface area contributed by atoms with E-state index in [-0.39, 0.29) is 11.4 Å². The van der Waals surface area contributed by atoms with Gasteiger partial charge in [0, 0.05) is 11.2 Å². The Balaban J connectivity index is 1.82. The van der Waals surface area contributed by atoms with E-state index in [1.54, 1.807) is 29.0 Å². The first-order chi connectivity index (χ1) is 12.1. The highest BCUT2D eigenvalue weighted by Gasteiger charge is 2.07. The molecule has 2 N–H and O–H groups in total. The van der Waals surface area contributed by atoms with Gasteiger partial charge in [-0.3, -0.25) is 9.79 Å². The van der Waals surface area contributed by atoms with Crippen LogP contribution in [0.2, 0.25) is 5.02 Å². The Bertz CT molecular complexity index is 931. The summed E-state index contributed by atoms with van der Waals surface area (Å²) in [5.41, 5.74) is 8.34. The molecule has 0 bridgehead atoms. The van der Waals surface area contributed by atoms with E-state index >= 15 is 0 Å². The lowest BCUT2D eigenvalue weighted by molar-refractivity contribution is 0.757. The molecule has 0 aliphatic heterocycles. The largest absolute Gasteiger partial charge is 0.383 e. The van der Waals surface area contributed by atoms with Crippen LogP contribution in [0.3, 0.4) is 0 Å². The number of pyridine rings is 1. The first kappa shape index (κ1) is 17.0. The lowest BCUT2D eigenvalue weighted by atomic mass is 10.2. The van der Waals surface area contributed by atoms with Crippen LogP contribution in [0, 0.1) is 0 Å². The van der Waals surface area contributed by atoms with Crippen LogP contribution in [0.5, 0.6) is 0 Å². The predicted molar refractivity (Wildman–Crippen MR) is 102 cm³/mol. The van der Waals surface area contributed by atoms with E-state index in [2.05, 4.69) is 4.99 Å². The quantitative estimate of drug-likeness (QED) is 0.565. The van der Waals surface area contributed by atoms with Gasteiger partial charge in [0.1, 0.15) is 5.84 Å². The predicted octanol–water partition coefficient (Wildman–Crippen LogP) is 3.46. The second-order valence-corrected chi connectivity index (χ2v) is 6.10. The lowest BCUT2D eigenvalue weighted by Gasteiger charge is -2.08. The highest BCUT2D eigenvalue weighted by Crippen LogP contribution is 2.10. The van der Waals surface area contributed by atoms with E-state index < -0.39 is 0 Å². The summed E-state index contributed by atoms with van der Waals surface area (Å²) in [6.45, 7) is 0.897. The van der Waals surface area contributed by atoms with Gasteiger partial charge in [-0.25, -0.2) is 0 Å². The fourth-order valence-electron chi connectivity index (χ4n) is 2.49. The Hall–Kier alpha value is -2.85. The van der Waals surface area contributed by atoms with Crippen molar-refractivity contribution < 1.29 is 0 Å². The van der Waals surface area contributed by atoms with E-state index in [1.165, 1.54) is 0 Å². The summed E-state index contributed by atoms with van der Waals surface area (Å²) < 4.78 is 1.63. The normalized spacial score (nSPS) is 11.5.